The van der Waals surface area contributed by atoms with Crippen LogP contribution in [0, 0.1) is 6.92 Å². The summed E-state index contributed by atoms with van der Waals surface area (Å²) in [6.07, 6.45) is 6.11. The number of hydrogen-bond donors (Lipinski definition) is 1. The van der Waals surface area contributed by atoms with Crippen LogP contribution < -0.4 is 14.2 Å². The number of methoxy groups -OCH3 is 2. The third kappa shape index (κ3) is 3.84. The first kappa shape index (κ1) is 21.1. The van der Waals surface area contributed by atoms with Gasteiger partial charge >= 0.3 is 0 Å². The normalized spacial score (nSPS) is 13.8. The zero-order valence-electron chi connectivity index (χ0n) is 18.3. The predicted octanol–water partition coefficient (Wildman–Crippen LogP) is 3.35. The Morgan fingerprint density at radius 2 is 1.82 bits per heavy atom. The first-order valence-corrected chi connectivity index (χ1v) is 11.9. The maximum Gasteiger partial charge on any atom is 0.236 e. The van der Waals surface area contributed by atoms with Crippen LogP contribution in [0.3, 0.4) is 0 Å². The second-order valence-corrected chi connectivity index (χ2v) is 9.74. The zero-order valence-corrected chi connectivity index (χ0v) is 19.1. The Hall–Kier alpha value is -3.73. The molecule has 0 unspecified atom stereocenters. The number of imidazole rings is 1. The van der Waals surface area contributed by atoms with Crippen molar-refractivity contribution in [2.24, 2.45) is 0 Å². The van der Waals surface area contributed by atoms with Gasteiger partial charge in [0.05, 0.1) is 25.7 Å². The molecule has 0 radical (unpaired) electrons. The molecule has 1 fully saturated rings. The lowest BCUT2D eigenvalue weighted by atomic mass is 10.2. The van der Waals surface area contributed by atoms with E-state index >= 15 is 0 Å². The van der Waals surface area contributed by atoms with E-state index in [1.807, 2.05) is 19.1 Å². The summed E-state index contributed by atoms with van der Waals surface area (Å²) in [4.78, 5) is 18.0. The monoisotopic (exact) mass is 468 g/mol. The summed E-state index contributed by atoms with van der Waals surface area (Å²) in [6, 6.07) is 7.36. The van der Waals surface area contributed by atoms with Crippen LogP contribution >= 0.6 is 0 Å². The lowest BCUT2D eigenvalue weighted by Gasteiger charge is -2.16. The molecule has 1 N–H and O–H groups in total. The van der Waals surface area contributed by atoms with Gasteiger partial charge in [0.2, 0.25) is 10.0 Å². The molecule has 1 aromatic carbocycles. The summed E-state index contributed by atoms with van der Waals surface area (Å²) in [5, 5.41) is -0.386. The van der Waals surface area contributed by atoms with Gasteiger partial charge in [-0.05, 0) is 43.5 Å². The van der Waals surface area contributed by atoms with Gasteiger partial charge in [-0.3, -0.25) is 14.3 Å². The van der Waals surface area contributed by atoms with Gasteiger partial charge in [0.25, 0.3) is 0 Å². The van der Waals surface area contributed by atoms with Crippen molar-refractivity contribution in [3.05, 3.63) is 48.4 Å². The molecule has 0 atom stereocenters. The van der Waals surface area contributed by atoms with Crippen LogP contribution in [0.4, 0.5) is 5.82 Å². The van der Waals surface area contributed by atoms with E-state index in [1.165, 1.54) is 6.20 Å². The Morgan fingerprint density at radius 1 is 1.09 bits per heavy atom. The first-order valence-electron chi connectivity index (χ1n) is 10.3. The van der Waals surface area contributed by atoms with Gasteiger partial charge in [-0.1, -0.05) is 6.07 Å². The fourth-order valence-electron chi connectivity index (χ4n) is 3.64. The molecule has 0 spiro atoms. The van der Waals surface area contributed by atoms with E-state index in [-0.39, 0.29) is 12.5 Å². The van der Waals surface area contributed by atoms with Crippen LogP contribution in [0.15, 0.2) is 42.9 Å². The van der Waals surface area contributed by atoms with E-state index in [1.54, 1.807) is 43.3 Å². The molecule has 3 heterocycles. The molecule has 5 rings (SSSR count). The summed E-state index contributed by atoms with van der Waals surface area (Å²) in [5.74, 6) is 1.70. The lowest BCUT2D eigenvalue weighted by Crippen LogP contribution is -2.18. The summed E-state index contributed by atoms with van der Waals surface area (Å²) in [7, 11) is -0.381. The standard InChI is InChI=1S/C22H22N6O4S.H2/c1-13-9-14(11-23-10-13)21-26-20-22(25-18(12-24-20)27-33(29,30)15-7-8-15)28(21)19-16(31-2)5-4-6-17(19)32-3;/h4-6,9-12,15H,7-8H2,1-3H3,(H,25,27);1H. The summed E-state index contributed by atoms with van der Waals surface area (Å²) in [5.41, 5.74) is 2.96. The number of rotatable bonds is 7. The minimum atomic E-state index is -3.50. The average Bonchev–Trinajstić information content (AvgIpc) is 3.60. The highest BCUT2D eigenvalue weighted by Gasteiger charge is 2.36. The second-order valence-electron chi connectivity index (χ2n) is 7.78. The van der Waals surface area contributed by atoms with E-state index in [0.29, 0.717) is 47.1 Å². The van der Waals surface area contributed by atoms with Crippen molar-refractivity contribution in [1.82, 2.24) is 24.5 Å². The van der Waals surface area contributed by atoms with Gasteiger partial charge < -0.3 is 9.47 Å². The first-order chi connectivity index (χ1) is 15.9. The molecule has 172 valence electrons. The van der Waals surface area contributed by atoms with Gasteiger partial charge in [0.15, 0.2) is 22.9 Å². The molecular formula is C22H24N6O4S. The van der Waals surface area contributed by atoms with E-state index in [2.05, 4.69) is 19.7 Å². The van der Waals surface area contributed by atoms with Gasteiger partial charge in [-0.2, -0.15) is 0 Å². The number of benzene rings is 1. The molecule has 0 bridgehead atoms. The SMILES string of the molecule is COc1cccc(OC)c1-n1c(-c2cncc(C)c2)nc2ncc(NS(=O)(=O)C3CC3)nc21.[HH]. The summed E-state index contributed by atoms with van der Waals surface area (Å²) < 4.78 is 40.5. The molecule has 3 aromatic heterocycles. The van der Waals surface area contributed by atoms with Gasteiger partial charge in [0, 0.05) is 19.4 Å². The molecule has 33 heavy (non-hydrogen) atoms. The maximum absolute atomic E-state index is 12.5. The Morgan fingerprint density at radius 3 is 2.45 bits per heavy atom. The Balaban J connectivity index is 0.00000274. The fourth-order valence-corrected chi connectivity index (χ4v) is 4.96. The number of hydrogen-bond acceptors (Lipinski definition) is 8. The molecule has 0 aliphatic heterocycles. The summed E-state index contributed by atoms with van der Waals surface area (Å²) >= 11 is 0. The van der Waals surface area contributed by atoms with Gasteiger partial charge in [0.1, 0.15) is 17.2 Å². The molecule has 10 nitrogen and oxygen atoms in total. The smallest absolute Gasteiger partial charge is 0.236 e. The number of ether oxygens (including phenoxy) is 2. The van der Waals surface area contributed by atoms with Crippen molar-refractivity contribution < 1.29 is 19.3 Å². The molecule has 1 saturated carbocycles. The largest absolute Gasteiger partial charge is 0.494 e. The van der Waals surface area contributed by atoms with Crippen molar-refractivity contribution >= 4 is 27.1 Å². The quantitative estimate of drug-likeness (QED) is 0.438. The molecular weight excluding hydrogens is 444 g/mol. The molecule has 0 amide bonds. The zero-order chi connectivity index (χ0) is 23.2. The number of sulfonamides is 1. The Bertz CT molecular complexity index is 1450. The fraction of sp³-hybridized carbons (Fsp3) is 0.273. The molecule has 4 aromatic rings. The van der Waals surface area contributed by atoms with Crippen LogP contribution in [0.1, 0.15) is 19.8 Å². The van der Waals surface area contributed by atoms with Gasteiger partial charge in [-0.15, -0.1) is 0 Å². The van der Waals surface area contributed by atoms with E-state index < -0.39 is 10.0 Å². The number of anilines is 1. The number of fused-ring (bicyclic) bond motifs is 1. The topological polar surface area (TPSA) is 121 Å². The van der Waals surface area contributed by atoms with Crippen LogP contribution in [-0.2, 0) is 10.0 Å². The van der Waals surface area contributed by atoms with Crippen LogP contribution in [0.5, 0.6) is 11.5 Å². The third-order valence-electron chi connectivity index (χ3n) is 5.34. The maximum atomic E-state index is 12.5. The van der Waals surface area contributed by atoms with Crippen molar-refractivity contribution in [3.63, 3.8) is 0 Å². The number of pyridine rings is 1. The van der Waals surface area contributed by atoms with Gasteiger partial charge in [-0.25, -0.2) is 23.4 Å². The Labute approximate surface area is 192 Å². The van der Waals surface area contributed by atoms with Crippen molar-refractivity contribution in [2.75, 3.05) is 18.9 Å². The average molecular weight is 469 g/mol. The van der Waals surface area contributed by atoms with Crippen molar-refractivity contribution in [3.8, 4) is 28.6 Å². The summed E-state index contributed by atoms with van der Waals surface area (Å²) in [6.45, 7) is 1.94. The highest BCUT2D eigenvalue weighted by atomic mass is 32.2. The van der Waals surface area contributed by atoms with E-state index in [0.717, 1.165) is 11.1 Å². The second kappa shape index (κ2) is 8.00. The minimum Gasteiger partial charge on any atom is -0.494 e. The number of aromatic nitrogens is 5. The molecule has 0 saturated heterocycles. The predicted molar refractivity (Wildman–Crippen MR) is 125 cm³/mol. The number of aryl methyl sites for hydroxylation is 1. The highest BCUT2D eigenvalue weighted by Crippen LogP contribution is 2.38. The van der Waals surface area contributed by atoms with Crippen LogP contribution in [-0.4, -0.2) is 52.4 Å². The Kier molecular flexibility index (Phi) is 5.12. The van der Waals surface area contributed by atoms with E-state index in [4.69, 9.17) is 14.5 Å². The third-order valence-corrected chi connectivity index (χ3v) is 7.18. The van der Waals surface area contributed by atoms with Crippen molar-refractivity contribution in [1.29, 1.82) is 0 Å². The van der Waals surface area contributed by atoms with E-state index in [9.17, 15) is 8.42 Å². The number of nitrogens with zero attached hydrogens (tertiary/aromatic N) is 5. The minimum absolute atomic E-state index is 0. The number of para-hydroxylation sites is 1. The van der Waals surface area contributed by atoms with Crippen molar-refractivity contribution in [2.45, 2.75) is 25.0 Å². The van der Waals surface area contributed by atoms with Crippen LogP contribution in [0.25, 0.3) is 28.4 Å². The lowest BCUT2D eigenvalue weighted by molar-refractivity contribution is 0.391. The number of nitrogens with one attached hydrogen (secondary N) is 1. The van der Waals surface area contributed by atoms with Crippen LogP contribution in [0.2, 0.25) is 0 Å². The molecule has 1 aliphatic carbocycles. The highest BCUT2D eigenvalue weighted by molar-refractivity contribution is 7.93. The molecule has 1 aliphatic rings. The molecule has 11 heteroatoms.